The van der Waals surface area contributed by atoms with Gasteiger partial charge in [-0.15, -0.1) is 0 Å². The van der Waals surface area contributed by atoms with Crippen molar-refractivity contribution in [2.45, 2.75) is 32.1 Å². The molecule has 1 aliphatic heterocycles. The van der Waals surface area contributed by atoms with Crippen LogP contribution in [0.5, 0.6) is 0 Å². The van der Waals surface area contributed by atoms with Crippen molar-refractivity contribution in [1.29, 1.82) is 0 Å². The lowest BCUT2D eigenvalue weighted by Gasteiger charge is -2.37. The van der Waals surface area contributed by atoms with Gasteiger partial charge in [-0.05, 0) is 26.7 Å². The van der Waals surface area contributed by atoms with Crippen LogP contribution in [0.4, 0.5) is 0 Å². The summed E-state index contributed by atoms with van der Waals surface area (Å²) in [5, 5.41) is 3.81. The Balaban J connectivity index is 2.17. The van der Waals surface area contributed by atoms with Gasteiger partial charge >= 0.3 is 0 Å². The molecular formula is C11H18N4O2. The van der Waals surface area contributed by atoms with Gasteiger partial charge in [0.15, 0.2) is 5.82 Å². The Morgan fingerprint density at radius 1 is 1.65 bits per heavy atom. The lowest BCUT2D eigenvalue weighted by atomic mass is 9.81. The van der Waals surface area contributed by atoms with E-state index in [0.29, 0.717) is 18.3 Å². The van der Waals surface area contributed by atoms with Crippen LogP contribution in [0.1, 0.15) is 31.5 Å². The Kier molecular flexibility index (Phi) is 3.15. The maximum absolute atomic E-state index is 11.6. The minimum absolute atomic E-state index is 0.0211. The number of likely N-dealkylation sites (tertiary alicyclic amines) is 1. The average Bonchev–Trinajstić information content (AvgIpc) is 2.76. The molecule has 6 heteroatoms. The van der Waals surface area contributed by atoms with Crippen molar-refractivity contribution in [3.63, 3.8) is 0 Å². The first-order chi connectivity index (χ1) is 8.05. The smallest absolute Gasteiger partial charge is 0.236 e. The highest BCUT2D eigenvalue weighted by Crippen LogP contribution is 2.32. The monoisotopic (exact) mass is 238 g/mol. The van der Waals surface area contributed by atoms with E-state index in [1.807, 2.05) is 0 Å². The molecule has 1 saturated heterocycles. The van der Waals surface area contributed by atoms with Crippen LogP contribution in [0.25, 0.3) is 0 Å². The van der Waals surface area contributed by atoms with Gasteiger partial charge < -0.3 is 15.2 Å². The van der Waals surface area contributed by atoms with Gasteiger partial charge in [0.2, 0.25) is 11.8 Å². The Labute approximate surface area is 100 Å². The van der Waals surface area contributed by atoms with Crippen LogP contribution < -0.4 is 5.73 Å². The molecule has 0 saturated carbocycles. The molecule has 6 nitrogen and oxygen atoms in total. The number of aromatic nitrogens is 2. The van der Waals surface area contributed by atoms with Crippen LogP contribution in [0.3, 0.4) is 0 Å². The van der Waals surface area contributed by atoms with Crippen molar-refractivity contribution in [2.24, 2.45) is 5.73 Å². The number of amides is 1. The predicted molar refractivity (Wildman–Crippen MR) is 61.3 cm³/mol. The molecule has 1 aliphatic rings. The topological polar surface area (TPSA) is 85.2 Å². The molecule has 0 spiro atoms. The van der Waals surface area contributed by atoms with Gasteiger partial charge in [-0.1, -0.05) is 5.16 Å². The summed E-state index contributed by atoms with van der Waals surface area (Å²) in [6, 6.07) is 0. The van der Waals surface area contributed by atoms with Crippen LogP contribution in [-0.4, -0.2) is 40.6 Å². The Hall–Kier alpha value is -1.43. The van der Waals surface area contributed by atoms with Crippen LogP contribution >= 0.6 is 0 Å². The van der Waals surface area contributed by atoms with E-state index in [0.717, 1.165) is 19.4 Å². The Morgan fingerprint density at radius 3 is 3.00 bits per heavy atom. The van der Waals surface area contributed by atoms with Crippen molar-refractivity contribution < 1.29 is 9.32 Å². The SMILES string of the molecule is Cc1noc([C@@]2(C)CCCN(C(=O)CN)C2)n1. The van der Waals surface area contributed by atoms with E-state index in [4.69, 9.17) is 10.3 Å². The zero-order chi connectivity index (χ0) is 12.5. The van der Waals surface area contributed by atoms with Crippen LogP contribution in [-0.2, 0) is 10.2 Å². The number of piperidine rings is 1. The molecule has 1 amide bonds. The van der Waals surface area contributed by atoms with Crippen molar-refractivity contribution in [1.82, 2.24) is 15.0 Å². The quantitative estimate of drug-likeness (QED) is 0.796. The van der Waals surface area contributed by atoms with Crippen molar-refractivity contribution in [2.75, 3.05) is 19.6 Å². The van der Waals surface area contributed by atoms with Crippen LogP contribution in [0.2, 0.25) is 0 Å². The molecule has 1 aromatic rings. The van der Waals surface area contributed by atoms with E-state index in [-0.39, 0.29) is 17.9 Å². The summed E-state index contributed by atoms with van der Waals surface area (Å²) >= 11 is 0. The second kappa shape index (κ2) is 4.44. The molecule has 0 aliphatic carbocycles. The lowest BCUT2D eigenvalue weighted by molar-refractivity contribution is -0.132. The third-order valence-electron chi connectivity index (χ3n) is 3.27. The number of hydrogen-bond donors (Lipinski definition) is 1. The largest absolute Gasteiger partial charge is 0.341 e. The Bertz CT molecular complexity index is 417. The van der Waals surface area contributed by atoms with Gasteiger partial charge in [-0.25, -0.2) is 0 Å². The van der Waals surface area contributed by atoms with Crippen LogP contribution in [0.15, 0.2) is 4.52 Å². The number of carbonyl (C=O) groups excluding carboxylic acids is 1. The summed E-state index contributed by atoms with van der Waals surface area (Å²) in [5.74, 6) is 1.22. The lowest BCUT2D eigenvalue weighted by Crippen LogP contribution is -2.49. The molecule has 2 N–H and O–H groups in total. The fourth-order valence-electron chi connectivity index (χ4n) is 2.30. The van der Waals surface area contributed by atoms with E-state index in [1.165, 1.54) is 0 Å². The van der Waals surface area contributed by atoms with E-state index in [1.54, 1.807) is 11.8 Å². The predicted octanol–water partition coefficient (Wildman–Crippen LogP) is 0.217. The number of hydrogen-bond acceptors (Lipinski definition) is 5. The zero-order valence-corrected chi connectivity index (χ0v) is 10.3. The van der Waals surface area contributed by atoms with Crippen molar-refractivity contribution >= 4 is 5.91 Å². The van der Waals surface area contributed by atoms with Gasteiger partial charge in [0, 0.05) is 13.1 Å². The Morgan fingerprint density at radius 2 is 2.41 bits per heavy atom. The first-order valence-corrected chi connectivity index (χ1v) is 5.84. The van der Waals surface area contributed by atoms with E-state index in [2.05, 4.69) is 17.1 Å². The van der Waals surface area contributed by atoms with E-state index < -0.39 is 0 Å². The average molecular weight is 238 g/mol. The molecule has 0 bridgehead atoms. The minimum Gasteiger partial charge on any atom is -0.341 e. The van der Waals surface area contributed by atoms with Gasteiger partial charge in [0.25, 0.3) is 0 Å². The van der Waals surface area contributed by atoms with Gasteiger partial charge in [-0.3, -0.25) is 4.79 Å². The first-order valence-electron chi connectivity index (χ1n) is 5.84. The van der Waals surface area contributed by atoms with E-state index >= 15 is 0 Å². The molecular weight excluding hydrogens is 220 g/mol. The van der Waals surface area contributed by atoms with Gasteiger partial charge in [0.05, 0.1) is 12.0 Å². The van der Waals surface area contributed by atoms with Crippen LogP contribution in [0, 0.1) is 6.92 Å². The summed E-state index contributed by atoms with van der Waals surface area (Å²) in [6.45, 7) is 5.26. The molecule has 17 heavy (non-hydrogen) atoms. The van der Waals surface area contributed by atoms with Crippen molar-refractivity contribution in [3.05, 3.63) is 11.7 Å². The first kappa shape index (κ1) is 12.0. The summed E-state index contributed by atoms with van der Waals surface area (Å²) in [6.07, 6.45) is 1.88. The van der Waals surface area contributed by atoms with Gasteiger partial charge in [-0.2, -0.15) is 4.98 Å². The fraction of sp³-hybridized carbons (Fsp3) is 0.727. The summed E-state index contributed by atoms with van der Waals surface area (Å²) in [7, 11) is 0. The molecule has 2 heterocycles. The zero-order valence-electron chi connectivity index (χ0n) is 10.3. The number of carbonyl (C=O) groups is 1. The maximum atomic E-state index is 11.6. The molecule has 1 atom stereocenters. The highest BCUT2D eigenvalue weighted by molar-refractivity contribution is 5.78. The van der Waals surface area contributed by atoms with E-state index in [9.17, 15) is 4.79 Å². The summed E-state index contributed by atoms with van der Waals surface area (Å²) < 4.78 is 5.24. The number of nitrogens with two attached hydrogens (primary N) is 1. The third-order valence-corrected chi connectivity index (χ3v) is 3.27. The number of rotatable bonds is 2. The second-order valence-electron chi connectivity index (χ2n) is 4.83. The summed E-state index contributed by atoms with van der Waals surface area (Å²) in [5.41, 5.74) is 5.15. The molecule has 2 rings (SSSR count). The molecule has 1 aromatic heterocycles. The second-order valence-corrected chi connectivity index (χ2v) is 4.83. The minimum atomic E-state index is -0.246. The normalized spacial score (nSPS) is 25.0. The maximum Gasteiger partial charge on any atom is 0.236 e. The number of aryl methyl sites for hydroxylation is 1. The fourth-order valence-corrected chi connectivity index (χ4v) is 2.30. The number of nitrogens with zero attached hydrogens (tertiary/aromatic N) is 3. The molecule has 94 valence electrons. The van der Waals surface area contributed by atoms with Gasteiger partial charge in [0.1, 0.15) is 0 Å². The molecule has 0 aromatic carbocycles. The molecule has 0 unspecified atom stereocenters. The summed E-state index contributed by atoms with van der Waals surface area (Å²) in [4.78, 5) is 17.7. The highest BCUT2D eigenvalue weighted by Gasteiger charge is 2.38. The highest BCUT2D eigenvalue weighted by atomic mass is 16.5. The molecule has 0 radical (unpaired) electrons. The molecule has 1 fully saturated rings. The van der Waals surface area contributed by atoms with Crippen molar-refractivity contribution in [3.8, 4) is 0 Å². The third kappa shape index (κ3) is 2.31. The standard InChI is InChI=1S/C11H18N4O2/c1-8-13-10(17-14-8)11(2)4-3-5-15(7-11)9(16)6-12/h3-7,12H2,1-2H3/t11-/m0/s1.